The average Bonchev–Trinajstić information content (AvgIpc) is 2.20. The second-order valence-corrected chi connectivity index (χ2v) is 3.39. The Morgan fingerprint density at radius 2 is 1.44 bits per heavy atom. The van der Waals surface area contributed by atoms with E-state index in [2.05, 4.69) is 0 Å². The topological polar surface area (TPSA) is 0 Å². The van der Waals surface area contributed by atoms with Crippen LogP contribution in [0.1, 0.15) is 13.8 Å². The summed E-state index contributed by atoms with van der Waals surface area (Å²) in [6.45, 7) is 4.00. The fourth-order valence-corrected chi connectivity index (χ4v) is 1.49. The maximum atomic E-state index is 5.49. The van der Waals surface area contributed by atoms with Crippen molar-refractivity contribution in [3.8, 4) is 0 Å². The van der Waals surface area contributed by atoms with Crippen molar-refractivity contribution in [2.45, 2.75) is 13.8 Å². The van der Waals surface area contributed by atoms with Crippen LogP contribution in [0.15, 0.2) is 12.1 Å². The minimum atomic E-state index is 0.741. The Kier molecular flexibility index (Phi) is 5.25. The van der Waals surface area contributed by atoms with E-state index < -0.39 is 0 Å². The summed E-state index contributed by atoms with van der Waals surface area (Å²) in [5.41, 5.74) is 0. The van der Waals surface area contributed by atoms with Gasteiger partial charge in [-0.1, -0.05) is 37.0 Å². The molecule has 0 atom stereocenters. The van der Waals surface area contributed by atoms with Crippen molar-refractivity contribution in [1.82, 2.24) is 0 Å². The van der Waals surface area contributed by atoms with Gasteiger partial charge in [0.25, 0.3) is 0 Å². The molecule has 0 aromatic carbocycles. The summed E-state index contributed by atoms with van der Waals surface area (Å²) in [4.78, 5) is 0. The van der Waals surface area contributed by atoms with Crippen LogP contribution in [0.2, 0.25) is 8.67 Å². The number of thiophene rings is 1. The van der Waals surface area contributed by atoms with Crippen LogP contribution in [0.5, 0.6) is 0 Å². The molecule has 0 radical (unpaired) electrons. The monoisotopic (exact) mass is 182 g/mol. The Morgan fingerprint density at radius 3 is 1.56 bits per heavy atom. The van der Waals surface area contributed by atoms with Crippen LogP contribution in [0.25, 0.3) is 0 Å². The van der Waals surface area contributed by atoms with Gasteiger partial charge in [-0.25, -0.2) is 0 Å². The molecule has 0 saturated heterocycles. The van der Waals surface area contributed by atoms with Gasteiger partial charge in [-0.15, -0.1) is 11.3 Å². The molecule has 0 N–H and O–H groups in total. The van der Waals surface area contributed by atoms with Gasteiger partial charge in [-0.05, 0) is 12.1 Å². The molecular weight excluding hydrogens is 175 g/mol. The van der Waals surface area contributed by atoms with Gasteiger partial charge in [0.15, 0.2) is 0 Å². The SMILES string of the molecule is CC.Clc1ccc(Cl)s1. The standard InChI is InChI=1S/C4H2Cl2S.C2H6/c5-3-1-2-4(6)7-3;1-2/h1-2H;1-2H3. The zero-order chi connectivity index (χ0) is 7.28. The molecule has 1 aromatic heterocycles. The van der Waals surface area contributed by atoms with Gasteiger partial charge in [0.2, 0.25) is 0 Å². The van der Waals surface area contributed by atoms with E-state index in [9.17, 15) is 0 Å². The first-order valence-electron chi connectivity index (χ1n) is 2.70. The third-order valence-corrected chi connectivity index (χ3v) is 1.92. The maximum absolute atomic E-state index is 5.49. The first-order valence-corrected chi connectivity index (χ1v) is 4.27. The number of hydrogen-bond acceptors (Lipinski definition) is 1. The fourth-order valence-electron chi connectivity index (χ4n) is 0.292. The first kappa shape index (κ1) is 9.28. The Morgan fingerprint density at radius 1 is 1.11 bits per heavy atom. The van der Waals surface area contributed by atoms with Gasteiger partial charge >= 0.3 is 0 Å². The molecule has 0 aliphatic carbocycles. The highest BCUT2D eigenvalue weighted by Gasteiger charge is 1.89. The summed E-state index contributed by atoms with van der Waals surface area (Å²) >= 11 is 12.4. The largest absolute Gasteiger partial charge is 0.112 e. The molecule has 0 aliphatic rings. The zero-order valence-corrected chi connectivity index (χ0v) is 7.65. The lowest BCUT2D eigenvalue weighted by Gasteiger charge is -1.66. The van der Waals surface area contributed by atoms with Gasteiger partial charge in [0.05, 0.1) is 8.67 Å². The van der Waals surface area contributed by atoms with Crippen molar-refractivity contribution in [3.63, 3.8) is 0 Å². The van der Waals surface area contributed by atoms with Gasteiger partial charge in [-0.3, -0.25) is 0 Å². The molecule has 0 amide bonds. The summed E-state index contributed by atoms with van der Waals surface area (Å²) in [5.74, 6) is 0. The lowest BCUT2D eigenvalue weighted by Crippen LogP contribution is -1.30. The summed E-state index contributed by atoms with van der Waals surface area (Å²) in [6, 6.07) is 3.54. The summed E-state index contributed by atoms with van der Waals surface area (Å²) in [6.07, 6.45) is 0. The second-order valence-electron chi connectivity index (χ2n) is 1.04. The smallest absolute Gasteiger partial charge is 0.0944 e. The maximum Gasteiger partial charge on any atom is 0.0944 e. The van der Waals surface area contributed by atoms with Crippen molar-refractivity contribution in [2.24, 2.45) is 0 Å². The Bertz CT molecular complexity index is 143. The predicted molar refractivity (Wildman–Crippen MR) is 45.7 cm³/mol. The summed E-state index contributed by atoms with van der Waals surface area (Å²) in [7, 11) is 0. The van der Waals surface area contributed by atoms with Gasteiger partial charge in [0.1, 0.15) is 0 Å². The van der Waals surface area contributed by atoms with E-state index in [0.29, 0.717) is 0 Å². The molecule has 0 bridgehead atoms. The minimum absolute atomic E-state index is 0.741. The molecule has 0 unspecified atom stereocenters. The summed E-state index contributed by atoms with van der Waals surface area (Å²) in [5, 5.41) is 0. The lowest BCUT2D eigenvalue weighted by molar-refractivity contribution is 1.50. The van der Waals surface area contributed by atoms with Crippen LogP contribution in [-0.2, 0) is 0 Å². The second kappa shape index (κ2) is 5.10. The van der Waals surface area contributed by atoms with Crippen LogP contribution < -0.4 is 0 Å². The van der Waals surface area contributed by atoms with Crippen LogP contribution in [0.3, 0.4) is 0 Å². The number of rotatable bonds is 0. The fraction of sp³-hybridized carbons (Fsp3) is 0.333. The van der Waals surface area contributed by atoms with E-state index in [1.54, 1.807) is 12.1 Å². The predicted octanol–water partition coefficient (Wildman–Crippen LogP) is 4.08. The van der Waals surface area contributed by atoms with E-state index in [-0.39, 0.29) is 0 Å². The van der Waals surface area contributed by atoms with E-state index in [1.165, 1.54) is 11.3 Å². The molecular formula is C6H8Cl2S. The lowest BCUT2D eigenvalue weighted by atomic mass is 10.7. The van der Waals surface area contributed by atoms with Crippen LogP contribution in [0, 0.1) is 0 Å². The van der Waals surface area contributed by atoms with E-state index in [4.69, 9.17) is 23.2 Å². The van der Waals surface area contributed by atoms with Gasteiger partial charge in [-0.2, -0.15) is 0 Å². The van der Waals surface area contributed by atoms with Crippen molar-refractivity contribution in [2.75, 3.05) is 0 Å². The highest BCUT2D eigenvalue weighted by molar-refractivity contribution is 7.19. The molecule has 0 saturated carbocycles. The summed E-state index contributed by atoms with van der Waals surface area (Å²) < 4.78 is 1.48. The van der Waals surface area contributed by atoms with Crippen LogP contribution in [0.4, 0.5) is 0 Å². The third-order valence-electron chi connectivity index (χ3n) is 0.540. The Labute approximate surface area is 69.4 Å². The molecule has 1 rings (SSSR count). The van der Waals surface area contributed by atoms with Gasteiger partial charge < -0.3 is 0 Å². The Balaban J connectivity index is 0.000000291. The van der Waals surface area contributed by atoms with Crippen molar-refractivity contribution in [3.05, 3.63) is 20.8 Å². The normalized spacial score (nSPS) is 8.00. The van der Waals surface area contributed by atoms with Crippen LogP contribution in [-0.4, -0.2) is 0 Å². The van der Waals surface area contributed by atoms with Gasteiger partial charge in [0, 0.05) is 0 Å². The van der Waals surface area contributed by atoms with E-state index >= 15 is 0 Å². The molecule has 0 aliphatic heterocycles. The highest BCUT2D eigenvalue weighted by Crippen LogP contribution is 2.24. The molecule has 0 fully saturated rings. The minimum Gasteiger partial charge on any atom is -0.112 e. The van der Waals surface area contributed by atoms with E-state index in [1.807, 2.05) is 13.8 Å². The van der Waals surface area contributed by atoms with E-state index in [0.717, 1.165) is 8.67 Å². The molecule has 0 spiro atoms. The molecule has 3 heteroatoms. The molecule has 1 aromatic rings. The first-order chi connectivity index (χ1) is 4.29. The molecule has 52 valence electrons. The Hall–Kier alpha value is 0.280. The van der Waals surface area contributed by atoms with Crippen molar-refractivity contribution >= 4 is 34.5 Å². The highest BCUT2D eigenvalue weighted by atomic mass is 35.5. The number of halogens is 2. The van der Waals surface area contributed by atoms with Crippen molar-refractivity contribution < 1.29 is 0 Å². The third kappa shape index (κ3) is 3.79. The average molecular weight is 183 g/mol. The molecule has 1 heterocycles. The molecule has 9 heavy (non-hydrogen) atoms. The quantitative estimate of drug-likeness (QED) is 0.568. The van der Waals surface area contributed by atoms with Crippen LogP contribution >= 0.6 is 34.5 Å². The zero-order valence-electron chi connectivity index (χ0n) is 5.32. The number of hydrogen-bond donors (Lipinski definition) is 0. The van der Waals surface area contributed by atoms with Crippen molar-refractivity contribution in [1.29, 1.82) is 0 Å². The molecule has 0 nitrogen and oxygen atoms in total.